The Morgan fingerprint density at radius 3 is 2.86 bits per heavy atom. The Balaban J connectivity index is 2.92. The third-order valence-corrected chi connectivity index (χ3v) is 1.00. The Kier molecular flexibility index (Phi) is 5.10. The maximum Gasteiger partial charge on any atom is 0.215 e. The van der Waals surface area contributed by atoms with Gasteiger partial charge in [-0.15, -0.1) is 0 Å². The summed E-state index contributed by atoms with van der Waals surface area (Å²) in [4.78, 5) is 0. The average Bonchev–Trinajstić information content (AvgIpc) is 1.69. The van der Waals surface area contributed by atoms with Gasteiger partial charge in [0.1, 0.15) is 0 Å². The highest BCUT2D eigenvalue weighted by Gasteiger charge is 1.63. The molecule has 0 bridgehead atoms. The van der Waals surface area contributed by atoms with Crippen molar-refractivity contribution in [3.8, 4) is 0 Å². The SMILES string of the molecule is C=C/C=C/O[SiH2]C. The zero-order valence-corrected chi connectivity index (χ0v) is 5.97. The van der Waals surface area contributed by atoms with E-state index in [0.717, 1.165) is 0 Å². The molecule has 0 N–H and O–H groups in total. The molecule has 40 valence electrons. The minimum Gasteiger partial charge on any atom is -0.555 e. The van der Waals surface area contributed by atoms with Crippen LogP contribution in [0.1, 0.15) is 0 Å². The lowest BCUT2D eigenvalue weighted by Crippen LogP contribution is -1.79. The standard InChI is InChI=1S/C5H10OSi/c1-3-4-5-6-7-2/h3-5H,1,7H2,2H3/b5-4+. The summed E-state index contributed by atoms with van der Waals surface area (Å²) >= 11 is 0. The van der Waals surface area contributed by atoms with Crippen molar-refractivity contribution < 1.29 is 4.43 Å². The smallest absolute Gasteiger partial charge is 0.215 e. The van der Waals surface area contributed by atoms with Crippen molar-refractivity contribution in [2.24, 2.45) is 0 Å². The highest BCUT2D eigenvalue weighted by atomic mass is 28.2. The maximum atomic E-state index is 4.96. The fourth-order valence-corrected chi connectivity index (χ4v) is 0.511. The summed E-state index contributed by atoms with van der Waals surface area (Å²) in [6, 6.07) is 0. The fraction of sp³-hybridized carbons (Fsp3) is 0.200. The summed E-state index contributed by atoms with van der Waals surface area (Å²) in [6.07, 6.45) is 5.17. The van der Waals surface area contributed by atoms with E-state index in [4.69, 9.17) is 4.43 Å². The van der Waals surface area contributed by atoms with Gasteiger partial charge >= 0.3 is 0 Å². The van der Waals surface area contributed by atoms with Gasteiger partial charge < -0.3 is 4.43 Å². The first-order chi connectivity index (χ1) is 3.41. The molecule has 0 aliphatic heterocycles. The number of allylic oxidation sites excluding steroid dienone is 2. The van der Waals surface area contributed by atoms with Crippen LogP contribution in [-0.4, -0.2) is 9.76 Å². The zero-order valence-electron chi connectivity index (χ0n) is 4.55. The minimum absolute atomic E-state index is 0.241. The molecule has 0 saturated heterocycles. The van der Waals surface area contributed by atoms with Crippen LogP contribution in [0.25, 0.3) is 0 Å². The van der Waals surface area contributed by atoms with Gasteiger partial charge in [-0.2, -0.15) is 0 Å². The molecule has 0 atom stereocenters. The van der Waals surface area contributed by atoms with E-state index < -0.39 is 0 Å². The molecule has 0 aromatic rings. The molecule has 0 radical (unpaired) electrons. The first-order valence-corrected chi connectivity index (χ1v) is 4.30. The number of hydrogen-bond donors (Lipinski definition) is 0. The zero-order chi connectivity index (χ0) is 5.54. The minimum atomic E-state index is -0.241. The third-order valence-electron chi connectivity index (χ3n) is 0.478. The highest BCUT2D eigenvalue weighted by molar-refractivity contribution is 6.25. The Morgan fingerprint density at radius 1 is 1.71 bits per heavy atom. The van der Waals surface area contributed by atoms with Gasteiger partial charge in [-0.05, 0) is 12.6 Å². The summed E-state index contributed by atoms with van der Waals surface area (Å²) in [5.41, 5.74) is 0. The lowest BCUT2D eigenvalue weighted by Gasteiger charge is -1.87. The van der Waals surface area contributed by atoms with Crippen LogP contribution >= 0.6 is 0 Å². The third kappa shape index (κ3) is 5.50. The molecule has 0 spiro atoms. The van der Waals surface area contributed by atoms with E-state index in [1.165, 1.54) is 0 Å². The van der Waals surface area contributed by atoms with Crippen LogP contribution in [0.2, 0.25) is 6.55 Å². The first-order valence-electron chi connectivity index (χ1n) is 2.31. The monoisotopic (exact) mass is 114 g/mol. The predicted molar refractivity (Wildman–Crippen MR) is 34.8 cm³/mol. The van der Waals surface area contributed by atoms with Crippen LogP contribution in [0.5, 0.6) is 0 Å². The molecule has 0 fully saturated rings. The predicted octanol–water partition coefficient (Wildman–Crippen LogP) is 0.835. The van der Waals surface area contributed by atoms with Gasteiger partial charge in [0.2, 0.25) is 9.76 Å². The summed E-state index contributed by atoms with van der Waals surface area (Å²) in [5, 5.41) is 0. The Hall–Kier alpha value is -0.503. The van der Waals surface area contributed by atoms with Crippen molar-refractivity contribution in [3.63, 3.8) is 0 Å². The molecule has 0 aromatic heterocycles. The second kappa shape index (κ2) is 5.50. The maximum absolute atomic E-state index is 4.96. The molecule has 0 aliphatic rings. The average molecular weight is 114 g/mol. The molecule has 0 saturated carbocycles. The molecule has 0 rings (SSSR count). The largest absolute Gasteiger partial charge is 0.555 e. The molecular formula is C5H10OSi. The van der Waals surface area contributed by atoms with Gasteiger partial charge in [-0.1, -0.05) is 12.7 Å². The van der Waals surface area contributed by atoms with Gasteiger partial charge in [0.25, 0.3) is 0 Å². The molecule has 0 aliphatic carbocycles. The van der Waals surface area contributed by atoms with Crippen molar-refractivity contribution in [2.45, 2.75) is 6.55 Å². The molecular weight excluding hydrogens is 104 g/mol. The van der Waals surface area contributed by atoms with Crippen molar-refractivity contribution in [1.82, 2.24) is 0 Å². The van der Waals surface area contributed by atoms with E-state index in [1.54, 1.807) is 18.4 Å². The lowest BCUT2D eigenvalue weighted by molar-refractivity contribution is 0.519. The Labute approximate surface area is 46.6 Å². The van der Waals surface area contributed by atoms with Crippen molar-refractivity contribution in [2.75, 3.05) is 0 Å². The summed E-state index contributed by atoms with van der Waals surface area (Å²) < 4.78 is 4.96. The molecule has 7 heavy (non-hydrogen) atoms. The van der Waals surface area contributed by atoms with Crippen LogP contribution in [0, 0.1) is 0 Å². The van der Waals surface area contributed by atoms with Crippen LogP contribution in [-0.2, 0) is 4.43 Å². The van der Waals surface area contributed by atoms with Crippen LogP contribution < -0.4 is 0 Å². The van der Waals surface area contributed by atoms with E-state index in [0.29, 0.717) is 0 Å². The fourth-order valence-electron chi connectivity index (χ4n) is 0.207. The molecule has 2 heteroatoms. The van der Waals surface area contributed by atoms with E-state index in [9.17, 15) is 0 Å². The molecule has 0 heterocycles. The van der Waals surface area contributed by atoms with E-state index in [1.807, 2.05) is 0 Å². The van der Waals surface area contributed by atoms with Gasteiger partial charge in [-0.3, -0.25) is 0 Å². The Bertz CT molecular complexity index is 68.5. The number of rotatable bonds is 3. The van der Waals surface area contributed by atoms with Crippen LogP contribution in [0.4, 0.5) is 0 Å². The normalized spacial score (nSPS) is 11.0. The first kappa shape index (κ1) is 6.50. The summed E-state index contributed by atoms with van der Waals surface area (Å²) in [6.45, 7) is 5.56. The summed E-state index contributed by atoms with van der Waals surface area (Å²) in [7, 11) is -0.241. The molecule has 1 nitrogen and oxygen atoms in total. The highest BCUT2D eigenvalue weighted by Crippen LogP contribution is 1.73. The van der Waals surface area contributed by atoms with E-state index in [2.05, 4.69) is 13.1 Å². The van der Waals surface area contributed by atoms with Crippen molar-refractivity contribution in [3.05, 3.63) is 25.0 Å². The van der Waals surface area contributed by atoms with Crippen LogP contribution in [0.3, 0.4) is 0 Å². The molecule has 0 amide bonds. The number of hydrogen-bond acceptors (Lipinski definition) is 1. The van der Waals surface area contributed by atoms with Crippen molar-refractivity contribution in [1.29, 1.82) is 0 Å². The second-order valence-corrected chi connectivity index (χ2v) is 1.93. The topological polar surface area (TPSA) is 9.23 Å². The van der Waals surface area contributed by atoms with Gasteiger partial charge in [0.15, 0.2) is 0 Å². The second-order valence-electron chi connectivity index (χ2n) is 1.02. The Morgan fingerprint density at radius 2 is 2.43 bits per heavy atom. The lowest BCUT2D eigenvalue weighted by atomic mass is 10.6. The van der Waals surface area contributed by atoms with E-state index in [-0.39, 0.29) is 9.76 Å². The van der Waals surface area contributed by atoms with Gasteiger partial charge in [0.05, 0.1) is 6.26 Å². The quantitative estimate of drug-likeness (QED) is 0.300. The van der Waals surface area contributed by atoms with Gasteiger partial charge in [-0.25, -0.2) is 0 Å². The van der Waals surface area contributed by atoms with E-state index >= 15 is 0 Å². The summed E-state index contributed by atoms with van der Waals surface area (Å²) in [5.74, 6) is 0. The molecule has 0 aromatic carbocycles. The van der Waals surface area contributed by atoms with Gasteiger partial charge in [0, 0.05) is 0 Å². The van der Waals surface area contributed by atoms with Crippen molar-refractivity contribution >= 4 is 9.76 Å². The van der Waals surface area contributed by atoms with Crippen LogP contribution in [0.15, 0.2) is 25.0 Å². The molecule has 0 unspecified atom stereocenters.